The molecular formula is C19H24O. The Balaban J connectivity index is 1.96. The molecule has 2 aromatic carbocycles. The predicted octanol–water partition coefficient (Wildman–Crippen LogP) is 5.23. The highest BCUT2D eigenvalue weighted by atomic mass is 16.5. The molecule has 1 atom stereocenters. The van der Waals surface area contributed by atoms with Crippen LogP contribution in [0.5, 0.6) is 5.75 Å². The molecule has 20 heavy (non-hydrogen) atoms. The van der Waals surface area contributed by atoms with Gasteiger partial charge in [-0.2, -0.15) is 0 Å². The Morgan fingerprint density at radius 1 is 0.850 bits per heavy atom. The average molecular weight is 268 g/mol. The summed E-state index contributed by atoms with van der Waals surface area (Å²) in [5.74, 6) is 0.988. The molecule has 0 heterocycles. The van der Waals surface area contributed by atoms with Gasteiger partial charge in [0.05, 0.1) is 6.10 Å². The monoisotopic (exact) mass is 268 g/mol. The van der Waals surface area contributed by atoms with Crippen molar-refractivity contribution in [3.63, 3.8) is 0 Å². The third-order valence-corrected chi connectivity index (χ3v) is 3.54. The zero-order valence-electron chi connectivity index (χ0n) is 12.5. The van der Waals surface area contributed by atoms with Gasteiger partial charge in [-0.05, 0) is 42.5 Å². The largest absolute Gasteiger partial charge is 0.490 e. The molecule has 0 radical (unpaired) electrons. The summed E-state index contributed by atoms with van der Waals surface area (Å²) in [5.41, 5.74) is 2.67. The molecule has 0 bridgehead atoms. The van der Waals surface area contributed by atoms with E-state index in [1.165, 1.54) is 17.5 Å². The van der Waals surface area contributed by atoms with E-state index >= 15 is 0 Å². The molecule has 0 aliphatic rings. The topological polar surface area (TPSA) is 9.23 Å². The minimum absolute atomic E-state index is 0.347. The molecule has 1 unspecified atom stereocenters. The van der Waals surface area contributed by atoms with E-state index < -0.39 is 0 Å². The van der Waals surface area contributed by atoms with Gasteiger partial charge < -0.3 is 4.74 Å². The van der Waals surface area contributed by atoms with E-state index in [-0.39, 0.29) is 0 Å². The smallest absolute Gasteiger partial charge is 0.119 e. The van der Waals surface area contributed by atoms with E-state index in [1.807, 2.05) is 0 Å². The molecule has 2 aromatic rings. The molecule has 0 fully saturated rings. The van der Waals surface area contributed by atoms with Gasteiger partial charge in [0, 0.05) is 0 Å². The predicted molar refractivity (Wildman–Crippen MR) is 85.3 cm³/mol. The second kappa shape index (κ2) is 7.74. The first-order valence-corrected chi connectivity index (χ1v) is 7.61. The molecule has 0 aliphatic carbocycles. The van der Waals surface area contributed by atoms with Crippen molar-refractivity contribution in [1.82, 2.24) is 0 Å². The highest BCUT2D eigenvalue weighted by Crippen LogP contribution is 2.18. The molecule has 0 amide bonds. The lowest BCUT2D eigenvalue weighted by molar-refractivity contribution is 0.185. The van der Waals surface area contributed by atoms with Crippen LogP contribution in [-0.2, 0) is 6.42 Å². The fourth-order valence-electron chi connectivity index (χ4n) is 2.38. The first-order chi connectivity index (χ1) is 9.81. The van der Waals surface area contributed by atoms with Crippen LogP contribution in [0.25, 0.3) is 0 Å². The lowest BCUT2D eigenvalue weighted by Gasteiger charge is -2.17. The molecule has 0 aromatic heterocycles. The van der Waals surface area contributed by atoms with Crippen LogP contribution in [0.15, 0.2) is 54.6 Å². The summed E-state index contributed by atoms with van der Waals surface area (Å²) in [7, 11) is 0. The molecule has 1 heteroatoms. The van der Waals surface area contributed by atoms with Gasteiger partial charge in [0.1, 0.15) is 5.75 Å². The quantitative estimate of drug-likeness (QED) is 0.667. The Labute approximate surface area is 122 Å². The van der Waals surface area contributed by atoms with Gasteiger partial charge in [-0.25, -0.2) is 0 Å². The van der Waals surface area contributed by atoms with Crippen LogP contribution < -0.4 is 4.74 Å². The van der Waals surface area contributed by atoms with Crippen LogP contribution in [0.2, 0.25) is 0 Å². The maximum atomic E-state index is 6.01. The van der Waals surface area contributed by atoms with Crippen molar-refractivity contribution in [3.05, 3.63) is 65.7 Å². The van der Waals surface area contributed by atoms with Crippen molar-refractivity contribution in [2.45, 2.75) is 45.6 Å². The molecule has 0 saturated carbocycles. The van der Waals surface area contributed by atoms with E-state index in [4.69, 9.17) is 4.74 Å². The summed E-state index contributed by atoms with van der Waals surface area (Å²) in [6.07, 6.45) is 4.69. The maximum absolute atomic E-state index is 6.01. The minimum Gasteiger partial charge on any atom is -0.490 e. The van der Waals surface area contributed by atoms with E-state index in [9.17, 15) is 0 Å². The van der Waals surface area contributed by atoms with Gasteiger partial charge in [0.15, 0.2) is 0 Å². The standard InChI is InChI=1S/C19H24O/c1-3-8-18(4-2)20-19-13-11-17(12-14-19)15-16-9-6-5-7-10-16/h5-7,9-14,18H,3-4,8,15H2,1-2H3. The van der Waals surface area contributed by atoms with Crippen molar-refractivity contribution in [3.8, 4) is 5.75 Å². The van der Waals surface area contributed by atoms with Crippen LogP contribution in [0.3, 0.4) is 0 Å². The Morgan fingerprint density at radius 2 is 1.50 bits per heavy atom. The third kappa shape index (κ3) is 4.41. The Bertz CT molecular complexity index is 487. The van der Waals surface area contributed by atoms with Crippen molar-refractivity contribution in [1.29, 1.82) is 0 Å². The SMILES string of the molecule is CCCC(CC)Oc1ccc(Cc2ccccc2)cc1. The van der Waals surface area contributed by atoms with Gasteiger partial charge >= 0.3 is 0 Å². The molecule has 0 aliphatic heterocycles. The van der Waals surface area contributed by atoms with Crippen molar-refractivity contribution < 1.29 is 4.74 Å². The van der Waals surface area contributed by atoms with Gasteiger partial charge in [0.2, 0.25) is 0 Å². The highest BCUT2D eigenvalue weighted by Gasteiger charge is 2.06. The van der Waals surface area contributed by atoms with Crippen LogP contribution in [-0.4, -0.2) is 6.10 Å². The van der Waals surface area contributed by atoms with E-state index in [1.54, 1.807) is 0 Å². The molecule has 2 rings (SSSR count). The second-order valence-electron chi connectivity index (χ2n) is 5.24. The zero-order chi connectivity index (χ0) is 14.2. The van der Waals surface area contributed by atoms with E-state index in [2.05, 4.69) is 68.4 Å². The van der Waals surface area contributed by atoms with Crippen LogP contribution in [0, 0.1) is 0 Å². The van der Waals surface area contributed by atoms with Crippen LogP contribution >= 0.6 is 0 Å². The number of ether oxygens (including phenoxy) is 1. The number of benzene rings is 2. The normalized spacial score (nSPS) is 12.1. The summed E-state index contributed by atoms with van der Waals surface area (Å²) in [5, 5.41) is 0. The summed E-state index contributed by atoms with van der Waals surface area (Å²) in [4.78, 5) is 0. The Morgan fingerprint density at radius 3 is 2.10 bits per heavy atom. The van der Waals surface area contributed by atoms with Crippen molar-refractivity contribution in [2.24, 2.45) is 0 Å². The van der Waals surface area contributed by atoms with E-state index in [0.717, 1.165) is 25.0 Å². The van der Waals surface area contributed by atoms with E-state index in [0.29, 0.717) is 6.10 Å². The molecule has 0 N–H and O–H groups in total. The number of hydrogen-bond acceptors (Lipinski definition) is 1. The van der Waals surface area contributed by atoms with Gasteiger partial charge in [-0.1, -0.05) is 62.7 Å². The van der Waals surface area contributed by atoms with Crippen LogP contribution in [0.1, 0.15) is 44.2 Å². The van der Waals surface area contributed by atoms with Gasteiger partial charge in [-0.15, -0.1) is 0 Å². The summed E-state index contributed by atoms with van der Waals surface area (Å²) < 4.78 is 6.01. The number of rotatable bonds is 7. The summed E-state index contributed by atoms with van der Waals surface area (Å²) in [6.45, 7) is 4.39. The summed E-state index contributed by atoms with van der Waals surface area (Å²) in [6, 6.07) is 19.1. The first-order valence-electron chi connectivity index (χ1n) is 7.61. The van der Waals surface area contributed by atoms with Gasteiger partial charge in [-0.3, -0.25) is 0 Å². The number of hydrogen-bond donors (Lipinski definition) is 0. The lowest BCUT2D eigenvalue weighted by Crippen LogP contribution is -2.14. The fourth-order valence-corrected chi connectivity index (χ4v) is 2.38. The third-order valence-electron chi connectivity index (χ3n) is 3.54. The lowest BCUT2D eigenvalue weighted by atomic mass is 10.1. The van der Waals surface area contributed by atoms with Crippen LogP contribution in [0.4, 0.5) is 0 Å². The summed E-state index contributed by atoms with van der Waals surface area (Å²) >= 11 is 0. The highest BCUT2D eigenvalue weighted by molar-refractivity contribution is 5.31. The second-order valence-corrected chi connectivity index (χ2v) is 5.24. The minimum atomic E-state index is 0.347. The molecule has 0 saturated heterocycles. The zero-order valence-corrected chi connectivity index (χ0v) is 12.5. The van der Waals surface area contributed by atoms with Gasteiger partial charge in [0.25, 0.3) is 0 Å². The Kier molecular flexibility index (Phi) is 5.67. The first kappa shape index (κ1) is 14.6. The molecular weight excluding hydrogens is 244 g/mol. The average Bonchev–Trinajstić information content (AvgIpc) is 2.50. The van der Waals surface area contributed by atoms with Crippen molar-refractivity contribution in [2.75, 3.05) is 0 Å². The van der Waals surface area contributed by atoms with Crippen molar-refractivity contribution >= 4 is 0 Å². The molecule has 0 spiro atoms. The molecule has 1 nitrogen and oxygen atoms in total. The molecule has 106 valence electrons. The fraction of sp³-hybridized carbons (Fsp3) is 0.368. The Hall–Kier alpha value is -1.76. The maximum Gasteiger partial charge on any atom is 0.119 e.